The van der Waals surface area contributed by atoms with Gasteiger partial charge in [-0.05, 0) is 104 Å². The van der Waals surface area contributed by atoms with Crippen LogP contribution in [0, 0.1) is 0 Å². The average Bonchev–Trinajstić information content (AvgIpc) is 3.80. The third kappa shape index (κ3) is 4.86. The predicted octanol–water partition coefficient (Wildman–Crippen LogP) is 15.1. The summed E-state index contributed by atoms with van der Waals surface area (Å²) in [6, 6.07) is 67.9. The van der Waals surface area contributed by atoms with Gasteiger partial charge >= 0.3 is 0 Å². The zero-order valence-corrected chi connectivity index (χ0v) is 29.5. The number of thiophene rings is 1. The second-order valence-corrected chi connectivity index (χ2v) is 14.8. The number of fused-ring (bicyclic) bond motifs is 10. The fourth-order valence-corrected chi connectivity index (χ4v) is 9.25. The largest absolute Gasteiger partial charge is 0.455 e. The highest BCUT2D eigenvalue weighted by atomic mass is 32.1. The molecule has 2 nitrogen and oxygen atoms in total. The van der Waals surface area contributed by atoms with E-state index in [0.29, 0.717) is 0 Å². The van der Waals surface area contributed by atoms with Crippen LogP contribution in [-0.4, -0.2) is 0 Å². The average molecular weight is 694 g/mol. The minimum Gasteiger partial charge on any atom is -0.455 e. The van der Waals surface area contributed by atoms with Crippen LogP contribution in [0.2, 0.25) is 0 Å². The third-order valence-electron chi connectivity index (χ3n) is 10.6. The van der Waals surface area contributed by atoms with Gasteiger partial charge in [0, 0.05) is 48.0 Å². The highest BCUT2D eigenvalue weighted by Gasteiger charge is 2.20. The van der Waals surface area contributed by atoms with Crippen molar-refractivity contribution in [2.24, 2.45) is 0 Å². The molecule has 11 aromatic rings. The highest BCUT2D eigenvalue weighted by molar-refractivity contribution is 7.26. The van der Waals surface area contributed by atoms with Gasteiger partial charge in [-0.2, -0.15) is 0 Å². The molecule has 0 atom stereocenters. The maximum atomic E-state index is 6.75. The zero-order chi connectivity index (χ0) is 34.9. The quantitative estimate of drug-likeness (QED) is 0.178. The molecular formula is C50H31NOS. The second kappa shape index (κ2) is 11.9. The molecule has 0 fully saturated rings. The van der Waals surface area contributed by atoms with Gasteiger partial charge in [0.25, 0.3) is 0 Å². The Morgan fingerprint density at radius 2 is 1.06 bits per heavy atom. The molecule has 0 aliphatic heterocycles. The van der Waals surface area contributed by atoms with Crippen molar-refractivity contribution in [3.8, 4) is 22.3 Å². The van der Waals surface area contributed by atoms with Crippen LogP contribution < -0.4 is 4.90 Å². The van der Waals surface area contributed by atoms with Gasteiger partial charge in [0.05, 0.1) is 0 Å². The summed E-state index contributed by atoms with van der Waals surface area (Å²) < 4.78 is 9.22. The number of anilines is 3. The summed E-state index contributed by atoms with van der Waals surface area (Å²) >= 11 is 1.82. The minimum atomic E-state index is 0.923. The summed E-state index contributed by atoms with van der Waals surface area (Å²) in [5.41, 5.74) is 9.98. The Balaban J connectivity index is 1.11. The van der Waals surface area contributed by atoms with Crippen molar-refractivity contribution in [3.63, 3.8) is 0 Å². The van der Waals surface area contributed by atoms with Crippen LogP contribution in [0.3, 0.4) is 0 Å². The van der Waals surface area contributed by atoms with E-state index in [0.717, 1.165) is 33.6 Å². The first kappa shape index (κ1) is 30.0. The molecule has 0 aliphatic rings. The van der Waals surface area contributed by atoms with Crippen molar-refractivity contribution in [1.29, 1.82) is 0 Å². The van der Waals surface area contributed by atoms with E-state index in [1.54, 1.807) is 0 Å². The first-order chi connectivity index (χ1) is 26.3. The van der Waals surface area contributed by atoms with E-state index in [1.165, 1.54) is 69.4 Å². The van der Waals surface area contributed by atoms with E-state index in [1.807, 2.05) is 11.3 Å². The number of nitrogens with zero attached hydrogens (tertiary/aromatic N) is 1. The van der Waals surface area contributed by atoms with Crippen molar-refractivity contribution in [2.75, 3.05) is 4.90 Å². The Morgan fingerprint density at radius 3 is 1.92 bits per heavy atom. The van der Waals surface area contributed by atoms with E-state index in [2.05, 4.69) is 193 Å². The number of furan rings is 1. The van der Waals surface area contributed by atoms with Crippen LogP contribution in [0.15, 0.2) is 192 Å². The van der Waals surface area contributed by atoms with E-state index < -0.39 is 0 Å². The molecular weight excluding hydrogens is 663 g/mol. The Hall–Kier alpha value is -6.68. The van der Waals surface area contributed by atoms with Gasteiger partial charge in [0.1, 0.15) is 11.2 Å². The molecule has 11 rings (SSSR count). The molecule has 0 amide bonds. The Labute approximate surface area is 310 Å². The Kier molecular flexibility index (Phi) is 6.76. The fourth-order valence-electron chi connectivity index (χ4n) is 8.16. The van der Waals surface area contributed by atoms with Gasteiger partial charge in [0.15, 0.2) is 0 Å². The minimum absolute atomic E-state index is 0.923. The van der Waals surface area contributed by atoms with Crippen molar-refractivity contribution in [2.45, 2.75) is 0 Å². The van der Waals surface area contributed by atoms with Gasteiger partial charge in [-0.3, -0.25) is 0 Å². The van der Waals surface area contributed by atoms with E-state index >= 15 is 0 Å². The fraction of sp³-hybridized carbons (Fsp3) is 0. The molecule has 0 saturated heterocycles. The molecule has 2 aromatic heterocycles. The summed E-state index contributed by atoms with van der Waals surface area (Å²) in [5, 5.41) is 9.67. The van der Waals surface area contributed by atoms with Crippen LogP contribution in [0.5, 0.6) is 0 Å². The van der Waals surface area contributed by atoms with Gasteiger partial charge < -0.3 is 9.32 Å². The van der Waals surface area contributed by atoms with E-state index in [-0.39, 0.29) is 0 Å². The molecule has 248 valence electrons. The van der Waals surface area contributed by atoms with Gasteiger partial charge in [-0.25, -0.2) is 0 Å². The summed E-state index contributed by atoms with van der Waals surface area (Å²) in [6.07, 6.45) is 0. The summed E-state index contributed by atoms with van der Waals surface area (Å²) in [5.74, 6) is 0. The molecule has 53 heavy (non-hydrogen) atoms. The predicted molar refractivity (Wildman–Crippen MR) is 227 cm³/mol. The Bertz CT molecular complexity index is 3170. The van der Waals surface area contributed by atoms with Crippen LogP contribution >= 0.6 is 11.3 Å². The third-order valence-corrected chi connectivity index (χ3v) is 11.8. The number of rotatable bonds is 5. The van der Waals surface area contributed by atoms with Gasteiger partial charge in [-0.1, -0.05) is 127 Å². The van der Waals surface area contributed by atoms with Crippen LogP contribution in [0.25, 0.3) is 85.9 Å². The lowest BCUT2D eigenvalue weighted by atomic mass is 9.98. The smallest absolute Gasteiger partial charge is 0.144 e. The normalized spacial score (nSPS) is 11.8. The molecule has 0 aliphatic carbocycles. The zero-order valence-electron chi connectivity index (χ0n) is 28.7. The number of benzene rings is 9. The number of hydrogen-bond donors (Lipinski definition) is 0. The van der Waals surface area contributed by atoms with Crippen LogP contribution in [0.1, 0.15) is 0 Å². The highest BCUT2D eigenvalue weighted by Crippen LogP contribution is 2.46. The van der Waals surface area contributed by atoms with Crippen molar-refractivity contribution in [3.05, 3.63) is 188 Å². The van der Waals surface area contributed by atoms with Crippen molar-refractivity contribution in [1.82, 2.24) is 0 Å². The molecule has 2 heterocycles. The first-order valence-corrected chi connectivity index (χ1v) is 18.8. The molecule has 0 N–H and O–H groups in total. The SMILES string of the molecule is c1ccc(-c2cccc(N(c3ccc(-c4cccc5ccccc45)cc3)c3ccc4sc5ccc6c(oc7ccc8ccccc8c76)c5c4c3)c2)cc1. The Morgan fingerprint density at radius 1 is 0.377 bits per heavy atom. The maximum absolute atomic E-state index is 6.75. The monoisotopic (exact) mass is 693 g/mol. The lowest BCUT2D eigenvalue weighted by Gasteiger charge is -2.26. The molecule has 0 radical (unpaired) electrons. The van der Waals surface area contributed by atoms with Crippen LogP contribution in [0.4, 0.5) is 17.1 Å². The summed E-state index contributed by atoms with van der Waals surface area (Å²) in [4.78, 5) is 2.38. The molecule has 9 aromatic carbocycles. The molecule has 0 bridgehead atoms. The topological polar surface area (TPSA) is 16.4 Å². The molecule has 0 saturated carbocycles. The van der Waals surface area contributed by atoms with Crippen molar-refractivity contribution >= 4 is 92.1 Å². The number of hydrogen-bond acceptors (Lipinski definition) is 3. The molecule has 0 unspecified atom stereocenters. The van der Waals surface area contributed by atoms with E-state index in [4.69, 9.17) is 4.42 Å². The standard InChI is InChI=1S/C50H31NOS/c1-2-10-32(11-3-1)36-15-8-16-38(30-36)51(37-23-20-35(21-24-37)41-19-9-14-33-12-4-6-17-40(33)41)39-25-28-46-44(31-39)49-47(53-46)29-26-43-48-42-18-7-5-13-34(42)22-27-45(48)52-50(43)49/h1-31H. The summed E-state index contributed by atoms with van der Waals surface area (Å²) in [7, 11) is 0. The second-order valence-electron chi connectivity index (χ2n) is 13.7. The maximum Gasteiger partial charge on any atom is 0.144 e. The lowest BCUT2D eigenvalue weighted by molar-refractivity contribution is 0.673. The molecule has 0 spiro atoms. The summed E-state index contributed by atoms with van der Waals surface area (Å²) in [6.45, 7) is 0. The van der Waals surface area contributed by atoms with Gasteiger partial charge in [0.2, 0.25) is 0 Å². The first-order valence-electron chi connectivity index (χ1n) is 18.0. The molecule has 3 heteroatoms. The van der Waals surface area contributed by atoms with Crippen molar-refractivity contribution < 1.29 is 4.42 Å². The lowest BCUT2D eigenvalue weighted by Crippen LogP contribution is -2.10. The van der Waals surface area contributed by atoms with Crippen LogP contribution in [-0.2, 0) is 0 Å². The van der Waals surface area contributed by atoms with E-state index in [9.17, 15) is 0 Å². The van der Waals surface area contributed by atoms with Gasteiger partial charge in [-0.15, -0.1) is 11.3 Å².